The molecular formula is C11H16O2. The number of hydrogen-bond donors (Lipinski definition) is 1. The van der Waals surface area contributed by atoms with Crippen molar-refractivity contribution in [3.8, 4) is 0 Å². The Labute approximate surface area is 78.6 Å². The molecule has 3 rings (SSSR count). The number of ether oxygens (including phenoxy) is 1. The first-order valence-corrected chi connectivity index (χ1v) is 5.29. The zero-order chi connectivity index (χ0) is 9.05. The lowest BCUT2D eigenvalue weighted by Crippen LogP contribution is -2.36. The van der Waals surface area contributed by atoms with Gasteiger partial charge in [-0.05, 0) is 12.8 Å². The molecule has 3 fully saturated rings. The summed E-state index contributed by atoms with van der Waals surface area (Å²) in [6.45, 7) is 4.01. The molecule has 1 N–H and O–H groups in total. The fourth-order valence-electron chi connectivity index (χ4n) is 3.32. The number of aliphatic hydroxyl groups is 1. The predicted octanol–water partition coefficient (Wildman–Crippen LogP) is 1.84. The minimum absolute atomic E-state index is 0.000579. The van der Waals surface area contributed by atoms with E-state index in [1.165, 1.54) is 24.8 Å². The zero-order valence-corrected chi connectivity index (χ0v) is 7.83. The van der Waals surface area contributed by atoms with Crippen molar-refractivity contribution in [3.05, 3.63) is 12.2 Å². The summed E-state index contributed by atoms with van der Waals surface area (Å²) < 4.78 is 5.72. The van der Waals surface area contributed by atoms with Crippen molar-refractivity contribution in [2.24, 2.45) is 11.8 Å². The third-order valence-corrected chi connectivity index (χ3v) is 4.01. The van der Waals surface area contributed by atoms with Gasteiger partial charge in [0.05, 0.1) is 5.60 Å². The second-order valence-electron chi connectivity index (χ2n) is 4.71. The van der Waals surface area contributed by atoms with E-state index in [2.05, 4.69) is 6.58 Å². The fourth-order valence-corrected chi connectivity index (χ4v) is 3.32. The van der Waals surface area contributed by atoms with E-state index >= 15 is 0 Å². The van der Waals surface area contributed by atoms with Crippen LogP contribution in [0.2, 0.25) is 0 Å². The van der Waals surface area contributed by atoms with Gasteiger partial charge in [0.25, 0.3) is 0 Å². The summed E-state index contributed by atoms with van der Waals surface area (Å²) in [6, 6.07) is 0. The van der Waals surface area contributed by atoms with Crippen LogP contribution >= 0.6 is 0 Å². The Morgan fingerprint density at radius 1 is 1.31 bits per heavy atom. The van der Waals surface area contributed by atoms with Crippen molar-refractivity contribution in [2.45, 2.75) is 44.0 Å². The van der Waals surface area contributed by atoms with Crippen LogP contribution in [0.25, 0.3) is 0 Å². The van der Waals surface area contributed by atoms with Crippen LogP contribution in [0.15, 0.2) is 12.2 Å². The van der Waals surface area contributed by atoms with Gasteiger partial charge in [-0.1, -0.05) is 31.4 Å². The molecule has 1 aliphatic heterocycles. The number of aliphatic hydroxyl groups excluding tert-OH is 1. The van der Waals surface area contributed by atoms with Crippen molar-refractivity contribution < 1.29 is 9.84 Å². The van der Waals surface area contributed by atoms with Crippen LogP contribution in [0.3, 0.4) is 0 Å². The van der Waals surface area contributed by atoms with Crippen LogP contribution in [0.4, 0.5) is 0 Å². The van der Waals surface area contributed by atoms with Crippen LogP contribution in [0.5, 0.6) is 0 Å². The van der Waals surface area contributed by atoms with E-state index in [1.807, 2.05) is 0 Å². The first kappa shape index (κ1) is 8.01. The lowest BCUT2D eigenvalue weighted by atomic mass is 9.81. The minimum Gasteiger partial charge on any atom is -0.367 e. The Kier molecular flexibility index (Phi) is 1.46. The average Bonchev–Trinajstić information content (AvgIpc) is 2.70. The maximum absolute atomic E-state index is 9.64. The molecule has 0 aromatic carbocycles. The van der Waals surface area contributed by atoms with Crippen LogP contribution in [0.1, 0.15) is 32.1 Å². The van der Waals surface area contributed by atoms with Crippen LogP contribution in [-0.4, -0.2) is 17.0 Å². The van der Waals surface area contributed by atoms with Gasteiger partial charge in [0.2, 0.25) is 0 Å². The minimum atomic E-state index is -0.546. The molecule has 1 heterocycles. The highest BCUT2D eigenvalue weighted by molar-refractivity contribution is 5.35. The van der Waals surface area contributed by atoms with E-state index in [9.17, 15) is 5.11 Å². The van der Waals surface area contributed by atoms with Gasteiger partial charge in [0.1, 0.15) is 0 Å². The summed E-state index contributed by atoms with van der Waals surface area (Å²) in [5, 5.41) is 9.64. The monoisotopic (exact) mass is 180 g/mol. The molecule has 0 bridgehead atoms. The van der Waals surface area contributed by atoms with E-state index in [4.69, 9.17) is 4.74 Å². The van der Waals surface area contributed by atoms with Gasteiger partial charge in [0.15, 0.2) is 6.29 Å². The van der Waals surface area contributed by atoms with E-state index in [0.29, 0.717) is 5.92 Å². The van der Waals surface area contributed by atoms with Crippen molar-refractivity contribution >= 4 is 0 Å². The number of rotatable bonds is 0. The molecule has 3 atom stereocenters. The van der Waals surface area contributed by atoms with Crippen LogP contribution in [0, 0.1) is 11.8 Å². The predicted molar refractivity (Wildman–Crippen MR) is 49.0 cm³/mol. The maximum atomic E-state index is 9.64. The largest absolute Gasteiger partial charge is 0.367 e. The smallest absolute Gasteiger partial charge is 0.162 e. The Balaban J connectivity index is 1.87. The molecule has 1 unspecified atom stereocenters. The van der Waals surface area contributed by atoms with E-state index in [1.54, 1.807) is 0 Å². The van der Waals surface area contributed by atoms with Crippen LogP contribution in [-0.2, 0) is 4.74 Å². The lowest BCUT2D eigenvalue weighted by Gasteiger charge is -2.35. The molecule has 72 valence electrons. The number of hydrogen-bond acceptors (Lipinski definition) is 2. The molecule has 0 radical (unpaired) electrons. The molecule has 0 aromatic heterocycles. The molecule has 2 saturated carbocycles. The van der Waals surface area contributed by atoms with E-state index in [-0.39, 0.29) is 11.5 Å². The highest BCUT2D eigenvalue weighted by Crippen LogP contribution is 2.64. The van der Waals surface area contributed by atoms with Crippen molar-refractivity contribution in [1.82, 2.24) is 0 Å². The second-order valence-corrected chi connectivity index (χ2v) is 4.71. The molecule has 3 aliphatic rings. The average molecular weight is 180 g/mol. The van der Waals surface area contributed by atoms with Gasteiger partial charge in [0, 0.05) is 11.8 Å². The van der Waals surface area contributed by atoms with Crippen molar-refractivity contribution in [1.29, 1.82) is 0 Å². The van der Waals surface area contributed by atoms with Gasteiger partial charge >= 0.3 is 0 Å². The summed E-state index contributed by atoms with van der Waals surface area (Å²) in [5.41, 5.74) is 1.24. The third-order valence-electron chi connectivity index (χ3n) is 4.01. The highest BCUT2D eigenvalue weighted by Gasteiger charge is 2.66. The van der Waals surface area contributed by atoms with Crippen molar-refractivity contribution in [2.75, 3.05) is 0 Å². The Morgan fingerprint density at radius 2 is 2.00 bits per heavy atom. The Bertz CT molecular complexity index is 253. The van der Waals surface area contributed by atoms with Crippen molar-refractivity contribution in [3.63, 3.8) is 0 Å². The van der Waals surface area contributed by atoms with E-state index < -0.39 is 6.29 Å². The summed E-state index contributed by atoms with van der Waals surface area (Å²) in [4.78, 5) is 0. The quantitative estimate of drug-likeness (QED) is 0.576. The standard InChI is InChI=1S/C11H16O2/c1-7-8-9(7)11(13-10(8)12)5-3-2-4-6-11/h8-10,12H,1-6H2/t8-,9+,10?/m0/s1. The third kappa shape index (κ3) is 0.906. The second kappa shape index (κ2) is 2.37. The lowest BCUT2D eigenvalue weighted by molar-refractivity contribution is -0.166. The summed E-state index contributed by atoms with van der Waals surface area (Å²) >= 11 is 0. The molecule has 1 spiro atoms. The van der Waals surface area contributed by atoms with Gasteiger partial charge < -0.3 is 9.84 Å². The first-order valence-electron chi connectivity index (χ1n) is 5.29. The summed E-state index contributed by atoms with van der Waals surface area (Å²) in [5.74, 6) is 0.765. The SMILES string of the molecule is C=C1[C@@H]2C(O)OC3(CCCCC3)[C@H]12. The first-order chi connectivity index (χ1) is 6.25. The topological polar surface area (TPSA) is 29.5 Å². The molecule has 2 nitrogen and oxygen atoms in total. The normalized spacial score (nSPS) is 46.5. The maximum Gasteiger partial charge on any atom is 0.162 e. The fraction of sp³-hybridized carbons (Fsp3) is 0.818. The number of fused-ring (bicyclic) bond motifs is 2. The Hall–Kier alpha value is -0.340. The van der Waals surface area contributed by atoms with Gasteiger partial charge in [-0.3, -0.25) is 0 Å². The molecule has 1 saturated heterocycles. The van der Waals surface area contributed by atoms with Gasteiger partial charge in [-0.15, -0.1) is 0 Å². The molecule has 0 amide bonds. The Morgan fingerprint density at radius 3 is 2.54 bits per heavy atom. The highest BCUT2D eigenvalue weighted by atomic mass is 16.6. The molecule has 13 heavy (non-hydrogen) atoms. The van der Waals surface area contributed by atoms with Gasteiger partial charge in [-0.2, -0.15) is 0 Å². The molecular weight excluding hydrogens is 164 g/mol. The van der Waals surface area contributed by atoms with E-state index in [0.717, 1.165) is 12.8 Å². The molecule has 2 heteroatoms. The zero-order valence-electron chi connectivity index (χ0n) is 7.83. The van der Waals surface area contributed by atoms with Crippen LogP contribution < -0.4 is 0 Å². The molecule has 2 aliphatic carbocycles. The summed E-state index contributed by atoms with van der Waals surface area (Å²) in [7, 11) is 0. The molecule has 0 aromatic rings. The van der Waals surface area contributed by atoms with Gasteiger partial charge in [-0.25, -0.2) is 0 Å². The summed E-state index contributed by atoms with van der Waals surface area (Å²) in [6.07, 6.45) is 5.54.